The molecule has 142 valence electrons. The SMILES string of the molecule is CCC(CC)(CCCC(=O)OCC(F)(F)F)OC(=O)C(C)(C)CC. The molecule has 0 aliphatic carbocycles. The summed E-state index contributed by atoms with van der Waals surface area (Å²) in [6, 6.07) is 0. The van der Waals surface area contributed by atoms with Crippen LogP contribution in [0.5, 0.6) is 0 Å². The van der Waals surface area contributed by atoms with Crippen molar-refractivity contribution < 1.29 is 32.2 Å². The first kappa shape index (κ1) is 22.7. The molecule has 0 saturated heterocycles. The molecule has 0 amide bonds. The predicted octanol–water partition coefficient (Wildman–Crippen LogP) is 4.80. The number of hydrogen-bond acceptors (Lipinski definition) is 4. The monoisotopic (exact) mass is 354 g/mol. The summed E-state index contributed by atoms with van der Waals surface area (Å²) in [6.45, 7) is 7.71. The lowest BCUT2D eigenvalue weighted by atomic mass is 9.87. The molecule has 0 fully saturated rings. The number of esters is 2. The molecule has 0 aromatic rings. The van der Waals surface area contributed by atoms with Crippen LogP contribution in [0.4, 0.5) is 13.2 Å². The molecular weight excluding hydrogens is 325 g/mol. The maximum atomic E-state index is 12.3. The second kappa shape index (κ2) is 9.28. The Morgan fingerprint density at radius 1 is 0.958 bits per heavy atom. The third-order valence-electron chi connectivity index (χ3n) is 4.44. The molecule has 0 bridgehead atoms. The molecule has 4 nitrogen and oxygen atoms in total. The van der Waals surface area contributed by atoms with Crippen molar-refractivity contribution in [1.29, 1.82) is 0 Å². The molecule has 0 N–H and O–H groups in total. The summed E-state index contributed by atoms with van der Waals surface area (Å²) in [5.74, 6) is -1.19. The lowest BCUT2D eigenvalue weighted by molar-refractivity contribution is -0.186. The number of carbonyl (C=O) groups is 2. The highest BCUT2D eigenvalue weighted by Gasteiger charge is 2.36. The van der Waals surface area contributed by atoms with E-state index in [1.807, 2.05) is 20.8 Å². The van der Waals surface area contributed by atoms with Crippen LogP contribution in [-0.2, 0) is 19.1 Å². The standard InChI is InChI=1S/C17H29F3O4/c1-6-15(4,5)14(22)24-16(7-2,8-3)11-9-10-13(21)23-12-17(18,19)20/h6-12H2,1-5H3. The van der Waals surface area contributed by atoms with Crippen molar-refractivity contribution in [3.63, 3.8) is 0 Å². The van der Waals surface area contributed by atoms with E-state index < -0.39 is 29.8 Å². The molecule has 0 aromatic carbocycles. The van der Waals surface area contributed by atoms with Crippen LogP contribution in [-0.4, -0.2) is 30.3 Å². The zero-order valence-corrected chi connectivity index (χ0v) is 15.2. The Morgan fingerprint density at radius 3 is 1.92 bits per heavy atom. The number of ether oxygens (including phenoxy) is 2. The Kier molecular flexibility index (Phi) is 8.78. The summed E-state index contributed by atoms with van der Waals surface area (Å²) < 4.78 is 45.9. The van der Waals surface area contributed by atoms with Crippen molar-refractivity contribution >= 4 is 11.9 Å². The first-order valence-electron chi connectivity index (χ1n) is 8.37. The zero-order chi connectivity index (χ0) is 19.0. The van der Waals surface area contributed by atoms with Gasteiger partial charge in [0.15, 0.2) is 6.61 Å². The summed E-state index contributed by atoms with van der Waals surface area (Å²) in [6.07, 6.45) is -2.15. The number of rotatable bonds is 10. The minimum atomic E-state index is -4.52. The Balaban J connectivity index is 4.58. The summed E-state index contributed by atoms with van der Waals surface area (Å²) in [5.41, 5.74) is -1.30. The van der Waals surface area contributed by atoms with E-state index in [-0.39, 0.29) is 12.4 Å². The highest BCUT2D eigenvalue weighted by Crippen LogP contribution is 2.32. The third-order valence-corrected chi connectivity index (χ3v) is 4.44. The van der Waals surface area contributed by atoms with Gasteiger partial charge in [0.2, 0.25) is 0 Å². The molecule has 0 heterocycles. The smallest absolute Gasteiger partial charge is 0.422 e. The van der Waals surface area contributed by atoms with Crippen LogP contribution in [0.25, 0.3) is 0 Å². The quantitative estimate of drug-likeness (QED) is 0.529. The van der Waals surface area contributed by atoms with E-state index in [1.165, 1.54) is 0 Å². The van der Waals surface area contributed by atoms with Gasteiger partial charge in [-0.25, -0.2) is 0 Å². The van der Waals surface area contributed by atoms with E-state index in [0.29, 0.717) is 32.1 Å². The van der Waals surface area contributed by atoms with Crippen molar-refractivity contribution in [2.45, 2.75) is 84.9 Å². The van der Waals surface area contributed by atoms with Crippen molar-refractivity contribution in [3.8, 4) is 0 Å². The number of carbonyl (C=O) groups excluding carboxylic acids is 2. The van der Waals surface area contributed by atoms with Gasteiger partial charge in [-0.15, -0.1) is 0 Å². The zero-order valence-electron chi connectivity index (χ0n) is 15.2. The Bertz CT molecular complexity index is 413. The van der Waals surface area contributed by atoms with Gasteiger partial charge in [0.1, 0.15) is 5.60 Å². The fourth-order valence-electron chi connectivity index (χ4n) is 2.07. The van der Waals surface area contributed by atoms with Gasteiger partial charge >= 0.3 is 18.1 Å². The van der Waals surface area contributed by atoms with Crippen LogP contribution < -0.4 is 0 Å². The fourth-order valence-corrected chi connectivity index (χ4v) is 2.07. The molecule has 0 saturated carbocycles. The average Bonchev–Trinajstić information content (AvgIpc) is 2.51. The largest absolute Gasteiger partial charge is 0.459 e. The summed E-state index contributed by atoms with van der Waals surface area (Å²) in [7, 11) is 0. The van der Waals surface area contributed by atoms with Crippen LogP contribution in [0.2, 0.25) is 0 Å². The van der Waals surface area contributed by atoms with Crippen molar-refractivity contribution in [2.75, 3.05) is 6.61 Å². The van der Waals surface area contributed by atoms with E-state index in [1.54, 1.807) is 13.8 Å². The normalized spacial score (nSPS) is 12.8. The molecule has 7 heteroatoms. The van der Waals surface area contributed by atoms with E-state index in [0.717, 1.165) is 0 Å². The average molecular weight is 354 g/mol. The summed E-state index contributed by atoms with van der Waals surface area (Å²) in [5, 5.41) is 0. The van der Waals surface area contributed by atoms with Gasteiger partial charge in [-0.3, -0.25) is 9.59 Å². The lowest BCUT2D eigenvalue weighted by Crippen LogP contribution is -2.39. The van der Waals surface area contributed by atoms with Gasteiger partial charge < -0.3 is 9.47 Å². The molecular formula is C17H29F3O4. The molecule has 0 aliphatic rings. The summed E-state index contributed by atoms with van der Waals surface area (Å²) in [4.78, 5) is 23.7. The van der Waals surface area contributed by atoms with Crippen LogP contribution in [0.15, 0.2) is 0 Å². The minimum absolute atomic E-state index is 0.132. The molecule has 0 unspecified atom stereocenters. The van der Waals surface area contributed by atoms with Crippen molar-refractivity contribution in [3.05, 3.63) is 0 Å². The molecule has 0 rings (SSSR count). The minimum Gasteiger partial charge on any atom is -0.459 e. The van der Waals surface area contributed by atoms with Gasteiger partial charge in [-0.1, -0.05) is 20.8 Å². The van der Waals surface area contributed by atoms with Crippen LogP contribution in [0.1, 0.15) is 73.1 Å². The first-order valence-corrected chi connectivity index (χ1v) is 8.37. The van der Waals surface area contributed by atoms with Crippen LogP contribution in [0.3, 0.4) is 0 Å². The van der Waals surface area contributed by atoms with E-state index in [2.05, 4.69) is 4.74 Å². The van der Waals surface area contributed by atoms with Crippen LogP contribution in [0, 0.1) is 5.41 Å². The topological polar surface area (TPSA) is 52.6 Å². The second-order valence-electron chi connectivity index (χ2n) is 6.65. The lowest BCUT2D eigenvalue weighted by Gasteiger charge is -2.35. The first-order chi connectivity index (χ1) is 10.9. The van der Waals surface area contributed by atoms with Gasteiger partial charge in [0, 0.05) is 6.42 Å². The Hall–Kier alpha value is -1.27. The van der Waals surface area contributed by atoms with Gasteiger partial charge in [0.25, 0.3) is 0 Å². The number of alkyl halides is 3. The fraction of sp³-hybridized carbons (Fsp3) is 0.882. The summed E-state index contributed by atoms with van der Waals surface area (Å²) >= 11 is 0. The Morgan fingerprint density at radius 2 is 1.50 bits per heavy atom. The van der Waals surface area contributed by atoms with E-state index in [9.17, 15) is 22.8 Å². The maximum Gasteiger partial charge on any atom is 0.422 e. The van der Waals surface area contributed by atoms with E-state index in [4.69, 9.17) is 4.74 Å². The highest BCUT2D eigenvalue weighted by molar-refractivity contribution is 5.76. The van der Waals surface area contributed by atoms with Gasteiger partial charge in [-0.2, -0.15) is 13.2 Å². The molecule has 0 aromatic heterocycles. The van der Waals surface area contributed by atoms with Crippen molar-refractivity contribution in [2.24, 2.45) is 5.41 Å². The third kappa shape index (κ3) is 8.02. The highest BCUT2D eigenvalue weighted by atomic mass is 19.4. The van der Waals surface area contributed by atoms with E-state index >= 15 is 0 Å². The molecule has 0 atom stereocenters. The number of hydrogen-bond donors (Lipinski definition) is 0. The maximum absolute atomic E-state index is 12.3. The van der Waals surface area contributed by atoms with Crippen LogP contribution >= 0.6 is 0 Å². The second-order valence-corrected chi connectivity index (χ2v) is 6.65. The van der Waals surface area contributed by atoms with Gasteiger partial charge in [-0.05, 0) is 46.0 Å². The van der Waals surface area contributed by atoms with Crippen molar-refractivity contribution in [1.82, 2.24) is 0 Å². The number of halogens is 3. The molecule has 0 aliphatic heterocycles. The molecule has 24 heavy (non-hydrogen) atoms. The molecule has 0 spiro atoms. The van der Waals surface area contributed by atoms with Gasteiger partial charge in [0.05, 0.1) is 5.41 Å². The molecule has 0 radical (unpaired) electrons. The Labute approximate surface area is 142 Å². The predicted molar refractivity (Wildman–Crippen MR) is 84.3 cm³/mol.